The molecule has 1 unspecified atom stereocenters. The Morgan fingerprint density at radius 3 is 2.68 bits per heavy atom. The van der Waals surface area contributed by atoms with Crippen LogP contribution in [0.5, 0.6) is 0 Å². The highest BCUT2D eigenvalue weighted by atomic mass is 32.2. The largest absolute Gasteiger partial charge is 0.352 e. The summed E-state index contributed by atoms with van der Waals surface area (Å²) in [6.07, 6.45) is 1.09. The van der Waals surface area contributed by atoms with Gasteiger partial charge in [0.25, 0.3) is 0 Å². The van der Waals surface area contributed by atoms with Crippen LogP contribution in [0.3, 0.4) is 0 Å². The molecule has 4 N–H and O–H groups in total. The van der Waals surface area contributed by atoms with Crippen LogP contribution in [0.4, 0.5) is 5.69 Å². The maximum atomic E-state index is 11.6. The van der Waals surface area contributed by atoms with Gasteiger partial charge in [-0.25, -0.2) is 8.42 Å². The molecule has 1 amide bonds. The van der Waals surface area contributed by atoms with Crippen molar-refractivity contribution in [2.45, 2.75) is 13.5 Å². The lowest BCUT2D eigenvalue weighted by Crippen LogP contribution is -2.32. The van der Waals surface area contributed by atoms with Crippen molar-refractivity contribution in [2.75, 3.05) is 17.5 Å². The second-order valence-electron chi connectivity index (χ2n) is 4.43. The van der Waals surface area contributed by atoms with Gasteiger partial charge in [0.2, 0.25) is 15.9 Å². The highest BCUT2D eigenvalue weighted by molar-refractivity contribution is 7.92. The smallest absolute Gasteiger partial charge is 0.229 e. The predicted octanol–water partition coefficient (Wildman–Crippen LogP) is 0.269. The Kier molecular flexibility index (Phi) is 5.31. The van der Waals surface area contributed by atoms with Crippen LogP contribution in [-0.2, 0) is 21.4 Å². The summed E-state index contributed by atoms with van der Waals surface area (Å²) < 4.78 is 24.6. The van der Waals surface area contributed by atoms with Gasteiger partial charge in [-0.2, -0.15) is 0 Å². The first kappa shape index (κ1) is 15.5. The molecule has 1 rings (SSSR count). The van der Waals surface area contributed by atoms with E-state index in [1.807, 2.05) is 0 Å². The highest BCUT2D eigenvalue weighted by Crippen LogP contribution is 2.11. The number of nitrogens with two attached hydrogens (primary N) is 1. The fourth-order valence-electron chi connectivity index (χ4n) is 1.43. The van der Waals surface area contributed by atoms with Gasteiger partial charge in [0.05, 0.1) is 6.26 Å². The number of anilines is 1. The summed E-state index contributed by atoms with van der Waals surface area (Å²) in [5.41, 5.74) is 6.68. The van der Waals surface area contributed by atoms with Gasteiger partial charge in [0.1, 0.15) is 0 Å². The molecule has 0 bridgehead atoms. The van der Waals surface area contributed by atoms with Gasteiger partial charge in [-0.3, -0.25) is 9.52 Å². The van der Waals surface area contributed by atoms with Gasteiger partial charge in [-0.15, -0.1) is 0 Å². The van der Waals surface area contributed by atoms with Crippen molar-refractivity contribution in [2.24, 2.45) is 11.7 Å². The quantitative estimate of drug-likeness (QED) is 0.698. The fraction of sp³-hybridized carbons (Fsp3) is 0.417. The van der Waals surface area contributed by atoms with Crippen LogP contribution in [0.1, 0.15) is 12.5 Å². The molecule has 0 saturated carbocycles. The van der Waals surface area contributed by atoms with Crippen molar-refractivity contribution >= 4 is 21.6 Å². The Balaban J connectivity index is 2.65. The lowest BCUT2D eigenvalue weighted by Gasteiger charge is -2.11. The van der Waals surface area contributed by atoms with Crippen molar-refractivity contribution in [1.29, 1.82) is 0 Å². The van der Waals surface area contributed by atoms with Crippen molar-refractivity contribution < 1.29 is 13.2 Å². The van der Waals surface area contributed by atoms with Gasteiger partial charge < -0.3 is 11.1 Å². The summed E-state index contributed by atoms with van der Waals surface area (Å²) in [4.78, 5) is 11.6. The molecule has 6 nitrogen and oxygen atoms in total. The zero-order chi connectivity index (χ0) is 14.5. The first-order chi connectivity index (χ1) is 8.81. The number of amides is 1. The summed E-state index contributed by atoms with van der Waals surface area (Å²) in [6.45, 7) is 2.38. The van der Waals surface area contributed by atoms with Gasteiger partial charge in [0, 0.05) is 24.7 Å². The Labute approximate surface area is 113 Å². The molecular formula is C12H19N3O3S. The molecule has 0 aliphatic rings. The van der Waals surface area contributed by atoms with Crippen LogP contribution in [0.2, 0.25) is 0 Å². The maximum absolute atomic E-state index is 11.6. The molecule has 7 heteroatoms. The molecular weight excluding hydrogens is 266 g/mol. The standard InChI is InChI=1S/C12H19N3O3S/c1-9(7-13)12(16)14-8-10-4-3-5-11(6-10)15-19(2,17)18/h3-6,9,15H,7-8,13H2,1-2H3,(H,14,16). The van der Waals surface area contributed by atoms with Gasteiger partial charge in [-0.1, -0.05) is 19.1 Å². The van der Waals surface area contributed by atoms with E-state index in [2.05, 4.69) is 10.0 Å². The summed E-state index contributed by atoms with van der Waals surface area (Å²) in [5, 5.41) is 2.74. The minimum absolute atomic E-state index is 0.121. The number of nitrogens with one attached hydrogen (secondary N) is 2. The van der Waals surface area contributed by atoms with E-state index in [4.69, 9.17) is 5.73 Å². The van der Waals surface area contributed by atoms with Crippen LogP contribution in [0.15, 0.2) is 24.3 Å². The van der Waals surface area contributed by atoms with E-state index >= 15 is 0 Å². The SMILES string of the molecule is CC(CN)C(=O)NCc1cccc(NS(C)(=O)=O)c1. The average molecular weight is 285 g/mol. The number of sulfonamides is 1. The van der Waals surface area contributed by atoms with Crippen LogP contribution >= 0.6 is 0 Å². The molecule has 19 heavy (non-hydrogen) atoms. The molecule has 0 saturated heterocycles. The Bertz CT molecular complexity index is 543. The van der Waals surface area contributed by atoms with E-state index in [0.29, 0.717) is 18.8 Å². The van der Waals surface area contributed by atoms with Crippen molar-refractivity contribution in [3.8, 4) is 0 Å². The maximum Gasteiger partial charge on any atom is 0.229 e. The van der Waals surface area contributed by atoms with E-state index in [0.717, 1.165) is 11.8 Å². The second-order valence-corrected chi connectivity index (χ2v) is 6.18. The minimum Gasteiger partial charge on any atom is -0.352 e. The van der Waals surface area contributed by atoms with E-state index < -0.39 is 10.0 Å². The Hall–Kier alpha value is -1.60. The topological polar surface area (TPSA) is 101 Å². The molecule has 0 spiro atoms. The first-order valence-electron chi connectivity index (χ1n) is 5.86. The molecule has 0 radical (unpaired) electrons. The number of hydrogen-bond donors (Lipinski definition) is 3. The summed E-state index contributed by atoms with van der Waals surface area (Å²) in [6, 6.07) is 6.85. The van der Waals surface area contributed by atoms with Crippen LogP contribution in [-0.4, -0.2) is 27.1 Å². The third-order valence-corrected chi connectivity index (χ3v) is 3.10. The lowest BCUT2D eigenvalue weighted by atomic mass is 10.1. The first-order valence-corrected chi connectivity index (χ1v) is 7.75. The Morgan fingerprint density at radius 2 is 2.11 bits per heavy atom. The minimum atomic E-state index is -3.30. The van der Waals surface area contributed by atoms with E-state index in [-0.39, 0.29) is 11.8 Å². The second kappa shape index (κ2) is 6.53. The zero-order valence-electron chi connectivity index (χ0n) is 11.0. The van der Waals surface area contributed by atoms with Gasteiger partial charge in [-0.05, 0) is 17.7 Å². The Morgan fingerprint density at radius 1 is 1.42 bits per heavy atom. The number of carbonyl (C=O) groups is 1. The summed E-state index contributed by atoms with van der Waals surface area (Å²) in [5.74, 6) is -0.360. The molecule has 1 aromatic rings. The van der Waals surface area contributed by atoms with Gasteiger partial charge in [0.15, 0.2) is 0 Å². The predicted molar refractivity (Wildman–Crippen MR) is 75.0 cm³/mol. The van der Waals surface area contributed by atoms with Crippen molar-refractivity contribution in [1.82, 2.24) is 5.32 Å². The molecule has 106 valence electrons. The fourth-order valence-corrected chi connectivity index (χ4v) is 1.98. The summed E-state index contributed by atoms with van der Waals surface area (Å²) in [7, 11) is -3.30. The van der Waals surface area contributed by atoms with Crippen LogP contribution in [0, 0.1) is 5.92 Å². The van der Waals surface area contributed by atoms with Gasteiger partial charge >= 0.3 is 0 Å². The summed E-state index contributed by atoms with van der Waals surface area (Å²) >= 11 is 0. The third kappa shape index (κ3) is 5.71. The van der Waals surface area contributed by atoms with Crippen LogP contribution in [0.25, 0.3) is 0 Å². The molecule has 0 aliphatic heterocycles. The number of benzene rings is 1. The average Bonchev–Trinajstić information content (AvgIpc) is 2.33. The monoisotopic (exact) mass is 285 g/mol. The number of rotatable bonds is 6. The zero-order valence-corrected chi connectivity index (χ0v) is 11.8. The van der Waals surface area contributed by atoms with E-state index in [9.17, 15) is 13.2 Å². The van der Waals surface area contributed by atoms with E-state index in [1.54, 1.807) is 31.2 Å². The van der Waals surface area contributed by atoms with Crippen molar-refractivity contribution in [3.05, 3.63) is 29.8 Å². The number of hydrogen-bond acceptors (Lipinski definition) is 4. The molecule has 1 atom stereocenters. The van der Waals surface area contributed by atoms with Crippen molar-refractivity contribution in [3.63, 3.8) is 0 Å². The number of carbonyl (C=O) groups excluding carboxylic acids is 1. The molecule has 0 fully saturated rings. The third-order valence-electron chi connectivity index (χ3n) is 2.50. The molecule has 0 aliphatic carbocycles. The highest BCUT2D eigenvalue weighted by Gasteiger charge is 2.10. The molecule has 1 aromatic carbocycles. The van der Waals surface area contributed by atoms with Crippen LogP contribution < -0.4 is 15.8 Å². The van der Waals surface area contributed by atoms with E-state index in [1.165, 1.54) is 0 Å². The lowest BCUT2D eigenvalue weighted by molar-refractivity contribution is -0.124. The molecule has 0 aromatic heterocycles. The normalized spacial score (nSPS) is 12.8. The molecule has 0 heterocycles.